The summed E-state index contributed by atoms with van der Waals surface area (Å²) < 4.78 is 0. The summed E-state index contributed by atoms with van der Waals surface area (Å²) >= 11 is 0. The van der Waals surface area contributed by atoms with Gasteiger partial charge >= 0.3 is 0 Å². The summed E-state index contributed by atoms with van der Waals surface area (Å²) in [5.41, 5.74) is 1.63. The number of fused-ring (bicyclic) bond motifs is 11. The van der Waals surface area contributed by atoms with E-state index in [4.69, 9.17) is 0 Å². The molecule has 6 heterocycles. The Bertz CT molecular complexity index is 1470. The van der Waals surface area contributed by atoms with Gasteiger partial charge in [0.25, 0.3) is 0 Å². The van der Waals surface area contributed by atoms with Gasteiger partial charge in [-0.25, -0.2) is 0 Å². The van der Waals surface area contributed by atoms with Crippen LogP contribution in [-0.2, 0) is 30.0 Å². The molecular formula is C30H32N6O6. The molecule has 0 bridgehead atoms. The predicted octanol–water partition coefficient (Wildman–Crippen LogP) is -0.767. The number of benzene rings is 2. The van der Waals surface area contributed by atoms with Crippen molar-refractivity contribution in [3.63, 3.8) is 0 Å². The van der Waals surface area contributed by atoms with Crippen molar-refractivity contribution >= 4 is 35.0 Å². The van der Waals surface area contributed by atoms with Gasteiger partial charge in [0, 0.05) is 25.5 Å². The number of likely N-dealkylation sites (N-methyl/N-ethyl adjacent to an activating group) is 2. The molecule has 6 aliphatic heterocycles. The largest absolute Gasteiger partial charge is 0.394 e. The van der Waals surface area contributed by atoms with Crippen LogP contribution < -0.4 is 10.6 Å². The molecule has 2 unspecified atom stereocenters. The summed E-state index contributed by atoms with van der Waals surface area (Å²) in [6.45, 7) is -0.994. The van der Waals surface area contributed by atoms with Crippen molar-refractivity contribution in [3.05, 3.63) is 59.7 Å². The second-order valence-electron chi connectivity index (χ2n) is 12.4. The number of para-hydroxylation sites is 2. The number of hydrogen-bond donors (Lipinski definition) is 4. The fraction of sp³-hybridized carbons (Fsp3) is 0.467. The summed E-state index contributed by atoms with van der Waals surface area (Å²) in [6.07, 6.45) is -0.813. The average Bonchev–Trinajstić information content (AvgIpc) is 3.69. The number of carbonyl (C=O) groups is 4. The van der Waals surface area contributed by atoms with Crippen LogP contribution in [0.2, 0.25) is 0 Å². The number of piperazine rings is 2. The third kappa shape index (κ3) is 2.62. The summed E-state index contributed by atoms with van der Waals surface area (Å²) in [5, 5.41) is 27.4. The minimum absolute atomic E-state index is 0.253. The van der Waals surface area contributed by atoms with Gasteiger partial charge in [-0.1, -0.05) is 36.4 Å². The lowest BCUT2D eigenvalue weighted by molar-refractivity contribution is -0.161. The SMILES string of the molecule is CN1C(=O)C2C[C@@]3([C@@]45CC6C(=O)N(C)[C@@H](CO)C(=O)N6[C@@H]4Nc4ccccc45)c4ccccc4N[C@H]3N2C(=O)[C@@H]1CO. The number of amides is 4. The van der Waals surface area contributed by atoms with E-state index in [1.165, 1.54) is 9.80 Å². The number of hydrogen-bond acceptors (Lipinski definition) is 8. The highest BCUT2D eigenvalue weighted by atomic mass is 16.3. The summed E-state index contributed by atoms with van der Waals surface area (Å²) in [7, 11) is 3.10. The molecule has 0 aromatic heterocycles. The first kappa shape index (κ1) is 25.5. The zero-order valence-electron chi connectivity index (χ0n) is 23.2. The van der Waals surface area contributed by atoms with Crippen LogP contribution in [0.3, 0.4) is 0 Å². The quantitative estimate of drug-likeness (QED) is 0.376. The molecule has 8 rings (SSSR count). The standard InChI is InChI=1S/C30H32N6O6/c1-33-21(13-37)25(41)35-19(23(33)39)11-29(15-7-3-5-9-17(15)31-27(29)35)30-12-20-24(40)34(2)22(14-38)26(42)36(20)28(30)32-18-10-6-4-8-16(18)30/h3-10,19-22,27-28,31-32,37-38H,11-14H2,1-2H3/t19?,20?,21-,22-,27-,28-,29+,30+/m0/s1. The minimum atomic E-state index is -1.01. The van der Waals surface area contributed by atoms with Crippen LogP contribution in [0.5, 0.6) is 0 Å². The Morgan fingerprint density at radius 3 is 1.43 bits per heavy atom. The van der Waals surface area contributed by atoms with Crippen LogP contribution in [-0.4, -0.2) is 117 Å². The maximum absolute atomic E-state index is 14.0. The molecule has 218 valence electrons. The van der Waals surface area contributed by atoms with Gasteiger partial charge in [0.05, 0.1) is 24.0 Å². The van der Waals surface area contributed by atoms with Crippen molar-refractivity contribution in [3.8, 4) is 0 Å². The topological polar surface area (TPSA) is 146 Å². The van der Waals surface area contributed by atoms with Crippen molar-refractivity contribution in [2.45, 2.75) is 60.2 Å². The van der Waals surface area contributed by atoms with E-state index in [1.807, 2.05) is 48.5 Å². The highest BCUT2D eigenvalue weighted by molar-refractivity contribution is 6.01. The Balaban J connectivity index is 1.41. The highest BCUT2D eigenvalue weighted by Gasteiger charge is 2.78. The zero-order chi connectivity index (χ0) is 29.3. The number of nitrogens with one attached hydrogen (secondary N) is 2. The first-order valence-corrected chi connectivity index (χ1v) is 14.3. The molecule has 2 aromatic carbocycles. The van der Waals surface area contributed by atoms with Gasteiger partial charge in [-0.15, -0.1) is 0 Å². The molecule has 4 amide bonds. The van der Waals surface area contributed by atoms with Crippen LogP contribution in [0.25, 0.3) is 0 Å². The number of anilines is 2. The van der Waals surface area contributed by atoms with E-state index in [2.05, 4.69) is 10.6 Å². The molecular weight excluding hydrogens is 540 g/mol. The van der Waals surface area contributed by atoms with E-state index in [0.717, 1.165) is 22.5 Å². The fourth-order valence-corrected chi connectivity index (χ4v) is 9.22. The van der Waals surface area contributed by atoms with Gasteiger partial charge in [-0.2, -0.15) is 0 Å². The second kappa shape index (κ2) is 8.23. The monoisotopic (exact) mass is 572 g/mol. The van der Waals surface area contributed by atoms with Gasteiger partial charge < -0.3 is 40.4 Å². The van der Waals surface area contributed by atoms with Crippen molar-refractivity contribution in [2.75, 3.05) is 37.9 Å². The van der Waals surface area contributed by atoms with Crippen molar-refractivity contribution in [2.24, 2.45) is 0 Å². The normalized spacial score (nSPS) is 37.6. The summed E-state index contributed by atoms with van der Waals surface area (Å²) in [6, 6.07) is 12.0. The van der Waals surface area contributed by atoms with E-state index in [1.54, 1.807) is 23.9 Å². The Morgan fingerprint density at radius 1 is 0.667 bits per heavy atom. The van der Waals surface area contributed by atoms with E-state index in [-0.39, 0.29) is 36.5 Å². The summed E-state index contributed by atoms with van der Waals surface area (Å²) in [5.74, 6) is -1.19. The summed E-state index contributed by atoms with van der Waals surface area (Å²) in [4.78, 5) is 61.7. The molecule has 6 aliphatic rings. The fourth-order valence-electron chi connectivity index (χ4n) is 9.22. The number of nitrogens with zero attached hydrogens (tertiary/aromatic N) is 4. The molecule has 0 radical (unpaired) electrons. The van der Waals surface area contributed by atoms with E-state index in [9.17, 15) is 29.4 Å². The van der Waals surface area contributed by atoms with Crippen LogP contribution in [0.1, 0.15) is 24.0 Å². The number of carbonyl (C=O) groups excluding carboxylic acids is 4. The van der Waals surface area contributed by atoms with Gasteiger partial charge in [0.2, 0.25) is 23.6 Å². The van der Waals surface area contributed by atoms with E-state index >= 15 is 0 Å². The van der Waals surface area contributed by atoms with Crippen LogP contribution in [0.15, 0.2) is 48.5 Å². The van der Waals surface area contributed by atoms with Gasteiger partial charge in [0.15, 0.2) is 0 Å². The van der Waals surface area contributed by atoms with Crippen LogP contribution in [0.4, 0.5) is 11.4 Å². The second-order valence-corrected chi connectivity index (χ2v) is 12.4. The molecule has 12 heteroatoms. The molecule has 8 atom stereocenters. The average molecular weight is 573 g/mol. The van der Waals surface area contributed by atoms with Crippen LogP contribution in [0, 0.1) is 0 Å². The van der Waals surface area contributed by atoms with Gasteiger partial charge in [-0.05, 0) is 36.1 Å². The molecule has 42 heavy (non-hydrogen) atoms. The van der Waals surface area contributed by atoms with E-state index < -0.39 is 60.5 Å². The molecule has 0 saturated carbocycles. The molecule has 4 N–H and O–H groups in total. The molecule has 4 saturated heterocycles. The Kier molecular flexibility index (Phi) is 5.00. The molecule has 4 fully saturated rings. The molecule has 0 spiro atoms. The van der Waals surface area contributed by atoms with Crippen molar-refractivity contribution in [1.82, 2.24) is 19.6 Å². The lowest BCUT2D eigenvalue weighted by Gasteiger charge is -2.48. The maximum Gasteiger partial charge on any atom is 0.250 e. The Hall–Kier alpha value is -4.16. The molecule has 0 aliphatic carbocycles. The Labute approximate surface area is 241 Å². The third-order valence-electron chi connectivity index (χ3n) is 11.0. The number of aliphatic hydroxyl groups is 2. The predicted molar refractivity (Wildman–Crippen MR) is 149 cm³/mol. The first-order chi connectivity index (χ1) is 20.2. The van der Waals surface area contributed by atoms with Gasteiger partial charge in [0.1, 0.15) is 36.5 Å². The van der Waals surface area contributed by atoms with E-state index in [0.29, 0.717) is 0 Å². The lowest BCUT2D eigenvalue weighted by atomic mass is 9.54. The maximum atomic E-state index is 14.0. The number of aliphatic hydroxyl groups excluding tert-OH is 2. The van der Waals surface area contributed by atoms with Crippen LogP contribution >= 0.6 is 0 Å². The first-order valence-electron chi connectivity index (χ1n) is 14.3. The van der Waals surface area contributed by atoms with Crippen molar-refractivity contribution < 1.29 is 29.4 Å². The minimum Gasteiger partial charge on any atom is -0.394 e. The van der Waals surface area contributed by atoms with Gasteiger partial charge in [-0.3, -0.25) is 19.2 Å². The van der Waals surface area contributed by atoms with Crippen molar-refractivity contribution in [1.29, 1.82) is 0 Å². The molecule has 12 nitrogen and oxygen atoms in total. The zero-order valence-corrected chi connectivity index (χ0v) is 23.2. The highest BCUT2D eigenvalue weighted by Crippen LogP contribution is 2.69. The Morgan fingerprint density at radius 2 is 1.05 bits per heavy atom. The smallest absolute Gasteiger partial charge is 0.250 e. The third-order valence-corrected chi connectivity index (χ3v) is 11.0. The lowest BCUT2D eigenvalue weighted by Crippen LogP contribution is -2.67. The number of rotatable bonds is 3. The molecule has 2 aromatic rings.